The number of halogens is 1. The maximum atomic E-state index is 13.5. The molecule has 1 unspecified atom stereocenters. The van der Waals surface area contributed by atoms with Gasteiger partial charge in [0.1, 0.15) is 0 Å². The van der Waals surface area contributed by atoms with E-state index in [0.29, 0.717) is 16.4 Å². The minimum atomic E-state index is -1.02. The maximum absolute atomic E-state index is 13.5. The normalized spacial score (nSPS) is 12.3. The Labute approximate surface area is 184 Å². The molecule has 7 nitrogen and oxygen atoms in total. The van der Waals surface area contributed by atoms with Crippen LogP contribution in [0, 0.1) is 0 Å². The van der Waals surface area contributed by atoms with Gasteiger partial charge in [0.25, 0.3) is 5.91 Å². The zero-order valence-electron chi connectivity index (χ0n) is 16.9. The lowest BCUT2D eigenvalue weighted by Crippen LogP contribution is -2.50. The van der Waals surface area contributed by atoms with Gasteiger partial charge in [-0.15, -0.1) is 5.10 Å². The first-order valence-electron chi connectivity index (χ1n) is 9.41. The summed E-state index contributed by atoms with van der Waals surface area (Å²) in [5, 5.41) is 8.92. The zero-order chi connectivity index (χ0) is 21.7. The van der Waals surface area contributed by atoms with Crippen molar-refractivity contribution >= 4 is 40.6 Å². The highest BCUT2D eigenvalue weighted by Crippen LogP contribution is 2.31. The molecule has 0 saturated heterocycles. The van der Waals surface area contributed by atoms with E-state index in [1.807, 2.05) is 20.8 Å². The van der Waals surface area contributed by atoms with Crippen molar-refractivity contribution < 1.29 is 9.59 Å². The Balaban J connectivity index is 2.15. The third-order valence-corrected chi connectivity index (χ3v) is 5.44. The van der Waals surface area contributed by atoms with Crippen LogP contribution in [0.2, 0.25) is 5.02 Å². The molecule has 1 aromatic carbocycles. The van der Waals surface area contributed by atoms with Crippen LogP contribution in [-0.2, 0) is 4.79 Å². The highest BCUT2D eigenvalue weighted by molar-refractivity contribution is 7.03. The van der Waals surface area contributed by atoms with Crippen molar-refractivity contribution in [3.63, 3.8) is 0 Å². The van der Waals surface area contributed by atoms with Crippen LogP contribution >= 0.6 is 23.1 Å². The molecular formula is C21H22ClN5O2S. The molecule has 9 heteroatoms. The van der Waals surface area contributed by atoms with Gasteiger partial charge in [-0.2, -0.15) is 0 Å². The van der Waals surface area contributed by atoms with E-state index in [1.165, 1.54) is 4.90 Å². The van der Waals surface area contributed by atoms with Crippen molar-refractivity contribution in [1.29, 1.82) is 0 Å². The number of anilines is 1. The van der Waals surface area contributed by atoms with Gasteiger partial charge in [-0.1, -0.05) is 35.1 Å². The molecule has 2 aromatic heterocycles. The van der Waals surface area contributed by atoms with E-state index in [0.717, 1.165) is 18.0 Å². The van der Waals surface area contributed by atoms with Gasteiger partial charge >= 0.3 is 0 Å². The van der Waals surface area contributed by atoms with Gasteiger partial charge in [-0.05, 0) is 62.1 Å². The number of carbonyl (C=O) groups excluding carboxylic acids is 2. The van der Waals surface area contributed by atoms with Gasteiger partial charge in [0, 0.05) is 27.8 Å². The van der Waals surface area contributed by atoms with Gasteiger partial charge in [0.15, 0.2) is 11.7 Å². The van der Waals surface area contributed by atoms with Crippen LogP contribution in [0.1, 0.15) is 49.4 Å². The van der Waals surface area contributed by atoms with Crippen molar-refractivity contribution in [3.05, 3.63) is 70.5 Å². The third-order valence-electron chi connectivity index (χ3n) is 4.70. The number of nitrogens with one attached hydrogen (secondary N) is 1. The van der Waals surface area contributed by atoms with Crippen LogP contribution in [0.3, 0.4) is 0 Å². The predicted octanol–water partition coefficient (Wildman–Crippen LogP) is 4.28. The van der Waals surface area contributed by atoms with E-state index in [2.05, 4.69) is 19.9 Å². The van der Waals surface area contributed by atoms with Crippen molar-refractivity contribution in [2.75, 3.05) is 4.90 Å². The Morgan fingerprint density at radius 2 is 2.03 bits per heavy atom. The highest BCUT2D eigenvalue weighted by atomic mass is 35.5. The fourth-order valence-corrected chi connectivity index (χ4v) is 3.42. The number of rotatable bonds is 7. The lowest BCUT2D eigenvalue weighted by molar-refractivity contribution is -0.124. The highest BCUT2D eigenvalue weighted by Gasteiger charge is 2.37. The number of benzene rings is 1. The largest absolute Gasteiger partial charge is 0.349 e. The third kappa shape index (κ3) is 5.01. The van der Waals surface area contributed by atoms with E-state index in [1.54, 1.807) is 54.0 Å². The quantitative estimate of drug-likeness (QED) is 0.588. The Kier molecular flexibility index (Phi) is 6.79. The topological polar surface area (TPSA) is 88.1 Å². The summed E-state index contributed by atoms with van der Waals surface area (Å²) in [5.74, 6) is -0.816. The molecule has 3 rings (SSSR count). The summed E-state index contributed by atoms with van der Waals surface area (Å²) in [6.45, 7) is 5.84. The monoisotopic (exact) mass is 443 g/mol. The second kappa shape index (κ2) is 9.32. The van der Waals surface area contributed by atoms with E-state index >= 15 is 0 Å². The summed E-state index contributed by atoms with van der Waals surface area (Å²) in [6.07, 6.45) is 2.31. The Morgan fingerprint density at radius 3 is 2.63 bits per heavy atom. The number of carbonyl (C=O) groups is 2. The number of aromatic nitrogens is 3. The summed E-state index contributed by atoms with van der Waals surface area (Å²) in [5.41, 5.74) is 0.567. The number of pyridine rings is 1. The maximum Gasteiger partial charge on any atom is 0.280 e. The lowest BCUT2D eigenvalue weighted by Gasteiger charge is -2.33. The van der Waals surface area contributed by atoms with E-state index in [9.17, 15) is 9.59 Å². The number of amides is 2. The number of nitrogens with zero attached hydrogens (tertiary/aromatic N) is 4. The molecule has 3 aromatic rings. The summed E-state index contributed by atoms with van der Waals surface area (Å²) in [4.78, 5) is 32.7. The Bertz CT molecular complexity index is 1010. The van der Waals surface area contributed by atoms with Crippen LogP contribution < -0.4 is 10.2 Å². The average molecular weight is 444 g/mol. The second-order valence-electron chi connectivity index (χ2n) is 7.33. The summed E-state index contributed by atoms with van der Waals surface area (Å²) in [6, 6.07) is 11.0. The molecule has 156 valence electrons. The molecular weight excluding hydrogens is 422 g/mol. The molecule has 2 heterocycles. The molecule has 1 atom stereocenters. The van der Waals surface area contributed by atoms with Gasteiger partial charge in [-0.25, -0.2) is 0 Å². The molecule has 0 bridgehead atoms. The Hall–Kier alpha value is -2.84. The first kappa shape index (κ1) is 21.9. The molecule has 0 aliphatic rings. The van der Waals surface area contributed by atoms with Gasteiger partial charge in [-0.3, -0.25) is 19.5 Å². The van der Waals surface area contributed by atoms with Gasteiger partial charge in [0.2, 0.25) is 5.91 Å². The van der Waals surface area contributed by atoms with Gasteiger partial charge < -0.3 is 5.32 Å². The molecule has 30 heavy (non-hydrogen) atoms. The van der Waals surface area contributed by atoms with Crippen LogP contribution in [0.4, 0.5) is 5.69 Å². The number of hydrogen-bond acceptors (Lipinski definition) is 6. The minimum Gasteiger partial charge on any atom is -0.349 e. The minimum absolute atomic E-state index is 0.142. The lowest BCUT2D eigenvalue weighted by atomic mass is 10.00. The van der Waals surface area contributed by atoms with Gasteiger partial charge in [0.05, 0.1) is 5.69 Å². The fourth-order valence-electron chi connectivity index (χ4n) is 2.80. The second-order valence-corrected chi connectivity index (χ2v) is 8.38. The summed E-state index contributed by atoms with van der Waals surface area (Å²) >= 11 is 7.26. The molecule has 2 amide bonds. The molecule has 0 aliphatic heterocycles. The summed E-state index contributed by atoms with van der Waals surface area (Å²) in [7, 11) is 0. The fraction of sp³-hybridized carbons (Fsp3) is 0.286. The SMILES string of the molecule is CCC(C)(C)NC(=O)C(c1ccccn1)N(C(=O)c1csnn1)c1cccc(Cl)c1. The smallest absolute Gasteiger partial charge is 0.280 e. The van der Waals surface area contributed by atoms with Crippen LogP contribution in [0.5, 0.6) is 0 Å². The average Bonchev–Trinajstić information content (AvgIpc) is 3.26. The molecule has 0 fully saturated rings. The van der Waals surface area contributed by atoms with E-state index < -0.39 is 17.5 Å². The molecule has 0 radical (unpaired) electrons. The zero-order valence-corrected chi connectivity index (χ0v) is 18.4. The molecule has 1 N–H and O–H groups in total. The van der Waals surface area contributed by atoms with Crippen LogP contribution in [0.25, 0.3) is 0 Å². The molecule has 0 spiro atoms. The van der Waals surface area contributed by atoms with Crippen LogP contribution in [0.15, 0.2) is 54.0 Å². The molecule has 0 saturated carbocycles. The number of hydrogen-bond donors (Lipinski definition) is 1. The van der Waals surface area contributed by atoms with Crippen molar-refractivity contribution in [2.45, 2.75) is 38.8 Å². The Morgan fingerprint density at radius 1 is 1.23 bits per heavy atom. The van der Waals surface area contributed by atoms with Crippen molar-refractivity contribution in [2.24, 2.45) is 0 Å². The first-order chi connectivity index (χ1) is 14.3. The van der Waals surface area contributed by atoms with E-state index in [-0.39, 0.29) is 11.6 Å². The van der Waals surface area contributed by atoms with E-state index in [4.69, 9.17) is 11.6 Å². The standard InChI is InChI=1S/C21H22ClN5O2S/c1-4-21(2,3)24-19(28)18(16-10-5-6-11-23-16)27(15-9-7-8-14(22)12-15)20(29)17-13-30-26-25-17/h5-13,18H,4H2,1-3H3,(H,24,28). The van der Waals surface area contributed by atoms with Crippen molar-refractivity contribution in [3.8, 4) is 0 Å². The summed E-state index contributed by atoms with van der Waals surface area (Å²) < 4.78 is 3.79. The van der Waals surface area contributed by atoms with Crippen LogP contribution in [-0.4, -0.2) is 31.9 Å². The first-order valence-corrected chi connectivity index (χ1v) is 10.6. The predicted molar refractivity (Wildman–Crippen MR) is 118 cm³/mol. The molecule has 0 aliphatic carbocycles. The van der Waals surface area contributed by atoms with Crippen molar-refractivity contribution in [1.82, 2.24) is 19.9 Å².